The normalized spacial score (nSPS) is 53.9. The van der Waals surface area contributed by atoms with Crippen LogP contribution in [-0.2, 0) is 9.59 Å². The van der Waals surface area contributed by atoms with Crippen LogP contribution in [0, 0.1) is 44.8 Å². The van der Waals surface area contributed by atoms with Crippen LogP contribution in [0.1, 0.15) is 106 Å². The lowest BCUT2D eigenvalue weighted by atomic mass is 9.35. The molecule has 5 rings (SSSR count). The largest absolute Gasteiger partial charge is 0.396 e. The summed E-state index contributed by atoms with van der Waals surface area (Å²) in [7, 11) is 0. The Morgan fingerprint density at radius 3 is 2.06 bits per heavy atom. The van der Waals surface area contributed by atoms with Gasteiger partial charge in [0.05, 0.1) is 13.5 Å². The topological polar surface area (TPSA) is 54.4 Å². The van der Waals surface area contributed by atoms with Crippen LogP contribution in [-0.4, -0.2) is 30.1 Å². The van der Waals surface area contributed by atoms with Crippen molar-refractivity contribution < 1.29 is 14.7 Å². The van der Waals surface area contributed by atoms with Crippen LogP contribution in [0.5, 0.6) is 0 Å². The van der Waals surface area contributed by atoms with Crippen LogP contribution in [0.25, 0.3) is 0 Å². The Kier molecular flexibility index (Phi) is 5.94. The van der Waals surface area contributed by atoms with Gasteiger partial charge in [-0.3, -0.25) is 9.59 Å². The van der Waals surface area contributed by atoms with Crippen molar-refractivity contribution in [1.29, 1.82) is 0 Å². The lowest BCUT2D eigenvalue weighted by molar-refractivity contribution is -0.192. The first-order chi connectivity index (χ1) is 15.5. The van der Waals surface area contributed by atoms with E-state index in [1.165, 1.54) is 0 Å². The molecule has 5 aliphatic rings. The second kappa shape index (κ2) is 7.66. The molecule has 0 aromatic carbocycles. The Morgan fingerprint density at radius 2 is 1.41 bits per heavy atom. The van der Waals surface area contributed by atoms with Crippen molar-refractivity contribution >= 4 is 56.7 Å². The molecule has 8 atom stereocenters. The molecule has 5 fully saturated rings. The molecule has 5 aliphatic carbocycles. The molecular formula is C29H44I2O3. The highest BCUT2D eigenvalue weighted by Crippen LogP contribution is 2.77. The predicted octanol–water partition coefficient (Wildman–Crippen LogP) is 7.33. The van der Waals surface area contributed by atoms with Gasteiger partial charge in [-0.25, -0.2) is 0 Å². The van der Waals surface area contributed by atoms with E-state index in [2.05, 4.69) is 86.7 Å². The molecule has 5 heteroatoms. The number of aliphatic hydroxyl groups excluding tert-OH is 1. The van der Waals surface area contributed by atoms with Gasteiger partial charge in [0.15, 0.2) is 5.78 Å². The van der Waals surface area contributed by atoms with Gasteiger partial charge in [-0.15, -0.1) is 0 Å². The third-order valence-corrected chi connectivity index (χ3v) is 18.2. The van der Waals surface area contributed by atoms with Gasteiger partial charge in [0.2, 0.25) is 0 Å². The van der Waals surface area contributed by atoms with E-state index in [9.17, 15) is 14.7 Å². The first-order valence-electron chi connectivity index (χ1n) is 13.6. The summed E-state index contributed by atoms with van der Waals surface area (Å²) >= 11 is 5.33. The fourth-order valence-corrected chi connectivity index (χ4v) is 15.0. The number of Topliss-reactive ketones (excluding diaryl/α,β-unsaturated/α-hetero) is 2. The zero-order valence-electron chi connectivity index (χ0n) is 22.0. The lowest BCUT2D eigenvalue weighted by Gasteiger charge is -2.73. The van der Waals surface area contributed by atoms with Crippen LogP contribution >= 0.6 is 45.2 Å². The first kappa shape index (κ1) is 26.4. The summed E-state index contributed by atoms with van der Waals surface area (Å²) in [6.45, 7) is 14.2. The SMILES string of the molecule is CC1(C)CCC2(CO)CCC3C4(C)CCC5C(C)(C)C(=O)CCC5(C)C4CC(=O)C3(I)C2(I)C1. The molecule has 0 aromatic heterocycles. The maximum atomic E-state index is 14.6. The average molecular weight is 694 g/mol. The average Bonchev–Trinajstić information content (AvgIpc) is 2.73. The summed E-state index contributed by atoms with van der Waals surface area (Å²) in [5, 5.41) is 10.8. The van der Waals surface area contributed by atoms with Crippen LogP contribution in [0.3, 0.4) is 0 Å². The molecule has 0 bridgehead atoms. The molecule has 0 aromatic rings. The molecule has 192 valence electrons. The van der Waals surface area contributed by atoms with Crippen molar-refractivity contribution in [2.75, 3.05) is 6.61 Å². The van der Waals surface area contributed by atoms with Gasteiger partial charge in [-0.1, -0.05) is 86.7 Å². The van der Waals surface area contributed by atoms with E-state index >= 15 is 0 Å². The molecule has 0 amide bonds. The van der Waals surface area contributed by atoms with Crippen molar-refractivity contribution in [2.45, 2.75) is 113 Å². The number of rotatable bonds is 1. The van der Waals surface area contributed by atoms with Crippen molar-refractivity contribution in [1.82, 2.24) is 0 Å². The van der Waals surface area contributed by atoms with Gasteiger partial charge < -0.3 is 5.11 Å². The molecule has 5 saturated carbocycles. The van der Waals surface area contributed by atoms with Gasteiger partial charge in [0, 0.05) is 23.7 Å². The van der Waals surface area contributed by atoms with E-state index in [1.807, 2.05) is 0 Å². The number of hydrogen-bond donors (Lipinski definition) is 1. The summed E-state index contributed by atoms with van der Waals surface area (Å²) in [6, 6.07) is 0. The molecule has 0 aliphatic heterocycles. The first-order valence-corrected chi connectivity index (χ1v) is 15.8. The lowest BCUT2D eigenvalue weighted by Crippen LogP contribution is -2.76. The summed E-state index contributed by atoms with van der Waals surface area (Å²) in [5.74, 6) is 1.93. The van der Waals surface area contributed by atoms with E-state index in [4.69, 9.17) is 0 Å². The Hall–Kier alpha value is 0.760. The number of ketones is 2. The number of carbonyl (C=O) groups excluding carboxylic acids is 2. The minimum absolute atomic E-state index is 0.0494. The molecule has 0 heterocycles. The second-order valence-electron chi connectivity index (χ2n) is 14.8. The van der Waals surface area contributed by atoms with E-state index in [0.717, 1.165) is 51.4 Å². The Labute approximate surface area is 234 Å². The highest BCUT2D eigenvalue weighted by atomic mass is 127. The van der Waals surface area contributed by atoms with E-state index in [1.54, 1.807) is 0 Å². The zero-order valence-corrected chi connectivity index (χ0v) is 26.3. The zero-order chi connectivity index (χ0) is 25.2. The smallest absolute Gasteiger partial charge is 0.150 e. The molecule has 0 radical (unpaired) electrons. The van der Waals surface area contributed by atoms with Gasteiger partial charge in [0.25, 0.3) is 0 Å². The Balaban J connectivity index is 1.62. The molecule has 34 heavy (non-hydrogen) atoms. The summed E-state index contributed by atoms with van der Waals surface area (Å²) in [4.78, 5) is 27.5. The quantitative estimate of drug-likeness (QED) is 0.231. The highest BCUT2D eigenvalue weighted by molar-refractivity contribution is 14.1. The number of hydrogen-bond acceptors (Lipinski definition) is 3. The van der Waals surface area contributed by atoms with Crippen LogP contribution in [0.15, 0.2) is 0 Å². The standard InChI is InChI=1S/C29H44I2O3/c1-23(2)13-14-27(17-32)12-8-19-26(6)10-7-18-24(3,4)21(33)9-11-25(18,5)20(26)15-22(34)29(19,31)28(27,30)16-23/h18-20,32H,7-17H2,1-6H3. The summed E-state index contributed by atoms with van der Waals surface area (Å²) < 4.78 is -0.652. The van der Waals surface area contributed by atoms with E-state index < -0.39 is 3.42 Å². The fourth-order valence-electron chi connectivity index (χ4n) is 10.5. The molecule has 0 spiro atoms. The maximum Gasteiger partial charge on any atom is 0.150 e. The van der Waals surface area contributed by atoms with Crippen molar-refractivity contribution in [3.05, 3.63) is 0 Å². The minimum atomic E-state index is -0.432. The highest BCUT2D eigenvalue weighted by Gasteiger charge is 2.77. The van der Waals surface area contributed by atoms with Crippen LogP contribution in [0.4, 0.5) is 0 Å². The minimum Gasteiger partial charge on any atom is -0.396 e. The Morgan fingerprint density at radius 1 is 0.794 bits per heavy atom. The third-order valence-electron chi connectivity index (χ3n) is 12.5. The van der Waals surface area contributed by atoms with Crippen LogP contribution in [0.2, 0.25) is 0 Å². The van der Waals surface area contributed by atoms with Gasteiger partial charge in [0.1, 0.15) is 5.78 Å². The molecule has 8 unspecified atom stereocenters. The molecular weight excluding hydrogens is 650 g/mol. The molecule has 3 nitrogen and oxygen atoms in total. The second-order valence-corrected chi connectivity index (χ2v) is 18.4. The van der Waals surface area contributed by atoms with Crippen molar-refractivity contribution in [2.24, 2.45) is 44.8 Å². The van der Waals surface area contributed by atoms with Crippen molar-refractivity contribution in [3.8, 4) is 0 Å². The van der Waals surface area contributed by atoms with E-state index in [0.29, 0.717) is 42.2 Å². The number of halogens is 2. The fraction of sp³-hybridized carbons (Fsp3) is 0.931. The maximum absolute atomic E-state index is 14.6. The van der Waals surface area contributed by atoms with Gasteiger partial charge in [-0.2, -0.15) is 0 Å². The van der Waals surface area contributed by atoms with Gasteiger partial charge in [-0.05, 0) is 85.4 Å². The predicted molar refractivity (Wildman–Crippen MR) is 153 cm³/mol. The molecule has 1 N–H and O–H groups in total. The summed E-state index contributed by atoms with van der Waals surface area (Å²) in [5.41, 5.74) is -0.0892. The number of alkyl halides is 2. The van der Waals surface area contributed by atoms with Crippen molar-refractivity contribution in [3.63, 3.8) is 0 Å². The summed E-state index contributed by atoms with van der Waals surface area (Å²) in [6.07, 6.45) is 9.75. The monoisotopic (exact) mass is 694 g/mol. The van der Waals surface area contributed by atoms with E-state index in [-0.39, 0.29) is 37.1 Å². The number of aliphatic hydroxyl groups is 1. The number of carbonyl (C=O) groups is 2. The molecule has 0 saturated heterocycles. The Bertz CT molecular complexity index is 928. The number of fused-ring (bicyclic) bond motifs is 7. The third kappa shape index (κ3) is 3.01. The van der Waals surface area contributed by atoms with Crippen LogP contribution < -0.4 is 0 Å². The van der Waals surface area contributed by atoms with Gasteiger partial charge >= 0.3 is 0 Å².